The molecule has 5 heteroatoms. The number of ether oxygens (including phenoxy) is 2. The van der Waals surface area contributed by atoms with Crippen LogP contribution in [0, 0.1) is 0 Å². The van der Waals surface area contributed by atoms with Crippen LogP contribution >= 0.6 is 0 Å². The Morgan fingerprint density at radius 3 is 2.69 bits per heavy atom. The van der Waals surface area contributed by atoms with Gasteiger partial charge in [0.1, 0.15) is 6.10 Å². The smallest absolute Gasteiger partial charge is 0.251 e. The van der Waals surface area contributed by atoms with Crippen LogP contribution in [-0.2, 0) is 20.9 Å². The number of fused-ring (bicyclic) bond motifs is 1. The lowest BCUT2D eigenvalue weighted by Gasteiger charge is -2.36. The second-order valence-electron chi connectivity index (χ2n) is 7.70. The SMILES string of the molecule is O=C([C@@H]1CC[C@@H]2[C@@H](CCN2CCOCc2ccccc2)O1)N1CCCC1. The molecule has 1 amide bonds. The summed E-state index contributed by atoms with van der Waals surface area (Å²) in [6.45, 7) is 5.24. The monoisotopic (exact) mass is 358 g/mol. The molecular formula is C21H30N2O3. The Morgan fingerprint density at radius 1 is 1.08 bits per heavy atom. The molecule has 3 aliphatic rings. The molecule has 3 heterocycles. The summed E-state index contributed by atoms with van der Waals surface area (Å²) in [5, 5.41) is 0. The Kier molecular flexibility index (Phi) is 5.88. The highest BCUT2D eigenvalue weighted by molar-refractivity contribution is 5.81. The summed E-state index contributed by atoms with van der Waals surface area (Å²) in [7, 11) is 0. The van der Waals surface area contributed by atoms with Crippen molar-refractivity contribution in [3.8, 4) is 0 Å². The summed E-state index contributed by atoms with van der Waals surface area (Å²) in [4.78, 5) is 17.1. The van der Waals surface area contributed by atoms with E-state index in [1.165, 1.54) is 5.56 Å². The van der Waals surface area contributed by atoms with Crippen LogP contribution < -0.4 is 0 Å². The van der Waals surface area contributed by atoms with Gasteiger partial charge >= 0.3 is 0 Å². The van der Waals surface area contributed by atoms with Gasteiger partial charge in [-0.2, -0.15) is 0 Å². The van der Waals surface area contributed by atoms with E-state index >= 15 is 0 Å². The van der Waals surface area contributed by atoms with E-state index in [2.05, 4.69) is 17.0 Å². The van der Waals surface area contributed by atoms with Gasteiger partial charge in [0.15, 0.2) is 0 Å². The molecule has 1 aromatic carbocycles. The summed E-state index contributed by atoms with van der Waals surface area (Å²) in [6.07, 6.45) is 5.25. The van der Waals surface area contributed by atoms with Gasteiger partial charge in [0, 0.05) is 32.2 Å². The van der Waals surface area contributed by atoms with Crippen LogP contribution in [0.1, 0.15) is 37.7 Å². The van der Waals surface area contributed by atoms with E-state index in [-0.39, 0.29) is 18.1 Å². The minimum Gasteiger partial charge on any atom is -0.375 e. The van der Waals surface area contributed by atoms with Crippen molar-refractivity contribution in [2.45, 2.75) is 57.0 Å². The third-order valence-electron chi connectivity index (χ3n) is 5.99. The molecule has 0 unspecified atom stereocenters. The highest BCUT2D eigenvalue weighted by Gasteiger charge is 2.42. The van der Waals surface area contributed by atoms with Gasteiger partial charge in [0.05, 0.1) is 19.3 Å². The topological polar surface area (TPSA) is 42.0 Å². The van der Waals surface area contributed by atoms with Crippen molar-refractivity contribution < 1.29 is 14.3 Å². The lowest BCUT2D eigenvalue weighted by Crippen LogP contribution is -2.48. The van der Waals surface area contributed by atoms with Crippen molar-refractivity contribution in [3.05, 3.63) is 35.9 Å². The number of rotatable bonds is 6. The predicted molar refractivity (Wildman–Crippen MR) is 99.8 cm³/mol. The molecule has 3 atom stereocenters. The zero-order chi connectivity index (χ0) is 17.8. The Balaban J connectivity index is 1.20. The summed E-state index contributed by atoms with van der Waals surface area (Å²) >= 11 is 0. The Labute approximate surface area is 156 Å². The first kappa shape index (κ1) is 18.0. The highest BCUT2D eigenvalue weighted by atomic mass is 16.5. The first-order valence-corrected chi connectivity index (χ1v) is 10.1. The summed E-state index contributed by atoms with van der Waals surface area (Å²) < 4.78 is 12.1. The fourth-order valence-electron chi connectivity index (χ4n) is 4.56. The van der Waals surface area contributed by atoms with E-state index in [9.17, 15) is 4.79 Å². The predicted octanol–water partition coefficient (Wildman–Crippen LogP) is 2.45. The zero-order valence-electron chi connectivity index (χ0n) is 15.5. The molecule has 0 bridgehead atoms. The molecule has 0 radical (unpaired) electrons. The molecule has 26 heavy (non-hydrogen) atoms. The number of carbonyl (C=O) groups is 1. The molecule has 3 aliphatic heterocycles. The van der Waals surface area contributed by atoms with Crippen molar-refractivity contribution in [1.29, 1.82) is 0 Å². The van der Waals surface area contributed by atoms with Gasteiger partial charge in [0.25, 0.3) is 5.91 Å². The molecule has 0 aromatic heterocycles. The fraction of sp³-hybridized carbons (Fsp3) is 0.667. The van der Waals surface area contributed by atoms with E-state index in [4.69, 9.17) is 9.47 Å². The Hall–Kier alpha value is -1.43. The van der Waals surface area contributed by atoms with Crippen LogP contribution in [0.15, 0.2) is 30.3 Å². The highest BCUT2D eigenvalue weighted by Crippen LogP contribution is 2.32. The van der Waals surface area contributed by atoms with Crippen LogP contribution in [0.3, 0.4) is 0 Å². The average Bonchev–Trinajstić information content (AvgIpc) is 3.35. The van der Waals surface area contributed by atoms with Gasteiger partial charge in [-0.25, -0.2) is 0 Å². The zero-order valence-corrected chi connectivity index (χ0v) is 15.5. The first-order chi connectivity index (χ1) is 12.8. The minimum atomic E-state index is -0.205. The molecular weight excluding hydrogens is 328 g/mol. The van der Waals surface area contributed by atoms with Gasteiger partial charge in [-0.3, -0.25) is 9.69 Å². The minimum absolute atomic E-state index is 0.205. The summed E-state index contributed by atoms with van der Waals surface area (Å²) in [5.74, 6) is 0.227. The lowest BCUT2D eigenvalue weighted by atomic mass is 9.98. The van der Waals surface area contributed by atoms with Crippen LogP contribution in [0.5, 0.6) is 0 Å². The third-order valence-corrected chi connectivity index (χ3v) is 5.99. The van der Waals surface area contributed by atoms with Crippen molar-refractivity contribution in [1.82, 2.24) is 9.80 Å². The number of hydrogen-bond acceptors (Lipinski definition) is 4. The molecule has 142 valence electrons. The number of nitrogens with zero attached hydrogens (tertiary/aromatic N) is 2. The molecule has 0 saturated carbocycles. The summed E-state index contributed by atoms with van der Waals surface area (Å²) in [6, 6.07) is 10.8. The summed E-state index contributed by atoms with van der Waals surface area (Å²) in [5.41, 5.74) is 1.22. The van der Waals surface area contributed by atoms with Gasteiger partial charge in [-0.15, -0.1) is 0 Å². The van der Waals surface area contributed by atoms with Gasteiger partial charge in [-0.05, 0) is 37.7 Å². The van der Waals surface area contributed by atoms with E-state index < -0.39 is 0 Å². The Morgan fingerprint density at radius 2 is 1.88 bits per heavy atom. The van der Waals surface area contributed by atoms with Crippen molar-refractivity contribution in [2.24, 2.45) is 0 Å². The number of benzene rings is 1. The van der Waals surface area contributed by atoms with Crippen molar-refractivity contribution in [3.63, 3.8) is 0 Å². The maximum Gasteiger partial charge on any atom is 0.251 e. The quantitative estimate of drug-likeness (QED) is 0.733. The van der Waals surface area contributed by atoms with Gasteiger partial charge in [-0.1, -0.05) is 30.3 Å². The molecule has 0 aliphatic carbocycles. The number of likely N-dealkylation sites (tertiary alicyclic amines) is 2. The molecule has 0 N–H and O–H groups in total. The van der Waals surface area contributed by atoms with Gasteiger partial charge in [0.2, 0.25) is 0 Å². The second-order valence-corrected chi connectivity index (χ2v) is 7.70. The lowest BCUT2D eigenvalue weighted by molar-refractivity contribution is -0.153. The molecule has 3 fully saturated rings. The standard InChI is InChI=1S/C21H30N2O3/c24-21(23-11-4-5-12-23)20-9-8-18-19(26-20)10-13-22(18)14-15-25-16-17-6-2-1-3-7-17/h1-3,6-7,18-20H,4-5,8-16H2/t18-,19-,20+/m1/s1. The van der Waals surface area contributed by atoms with Gasteiger partial charge < -0.3 is 14.4 Å². The second kappa shape index (κ2) is 8.51. The van der Waals surface area contributed by atoms with Crippen molar-refractivity contribution in [2.75, 3.05) is 32.8 Å². The molecule has 5 nitrogen and oxygen atoms in total. The van der Waals surface area contributed by atoms with E-state index in [1.807, 2.05) is 23.1 Å². The number of hydrogen-bond donors (Lipinski definition) is 0. The van der Waals surface area contributed by atoms with Crippen LogP contribution in [-0.4, -0.2) is 66.7 Å². The van der Waals surface area contributed by atoms with E-state index in [0.29, 0.717) is 12.6 Å². The largest absolute Gasteiger partial charge is 0.375 e. The number of amides is 1. The van der Waals surface area contributed by atoms with E-state index in [0.717, 1.165) is 64.9 Å². The normalized spacial score (nSPS) is 29.1. The van der Waals surface area contributed by atoms with Crippen LogP contribution in [0.4, 0.5) is 0 Å². The fourth-order valence-corrected chi connectivity index (χ4v) is 4.56. The van der Waals surface area contributed by atoms with Crippen LogP contribution in [0.25, 0.3) is 0 Å². The molecule has 1 aromatic rings. The number of carbonyl (C=O) groups excluding carboxylic acids is 1. The Bertz CT molecular complexity index is 588. The first-order valence-electron chi connectivity index (χ1n) is 10.1. The third kappa shape index (κ3) is 4.11. The maximum atomic E-state index is 12.6. The van der Waals surface area contributed by atoms with E-state index in [1.54, 1.807) is 0 Å². The van der Waals surface area contributed by atoms with Crippen LogP contribution in [0.2, 0.25) is 0 Å². The molecule has 4 rings (SSSR count). The van der Waals surface area contributed by atoms with Crippen molar-refractivity contribution >= 4 is 5.91 Å². The molecule has 3 saturated heterocycles. The maximum absolute atomic E-state index is 12.6. The average molecular weight is 358 g/mol. The molecule has 0 spiro atoms.